The van der Waals surface area contributed by atoms with Gasteiger partial charge in [0, 0.05) is 18.4 Å². The van der Waals surface area contributed by atoms with E-state index in [0.717, 1.165) is 19.4 Å². The fourth-order valence-corrected chi connectivity index (χ4v) is 4.99. The summed E-state index contributed by atoms with van der Waals surface area (Å²) in [5.74, 6) is 0.967. The van der Waals surface area contributed by atoms with Crippen LogP contribution in [0.4, 0.5) is 0 Å². The highest BCUT2D eigenvalue weighted by atomic mass is 28.4. The van der Waals surface area contributed by atoms with E-state index in [1.165, 1.54) is 11.1 Å². The van der Waals surface area contributed by atoms with Crippen LogP contribution in [0.3, 0.4) is 0 Å². The van der Waals surface area contributed by atoms with Gasteiger partial charge in [0.05, 0.1) is 0 Å². The number of fused-ring (bicyclic) bond motifs is 1. The summed E-state index contributed by atoms with van der Waals surface area (Å²) in [6.07, 6.45) is 16.2. The van der Waals surface area contributed by atoms with E-state index >= 15 is 0 Å². The van der Waals surface area contributed by atoms with Crippen LogP contribution in [0.1, 0.15) is 36.8 Å². The van der Waals surface area contributed by atoms with Crippen molar-refractivity contribution in [3.8, 4) is 0 Å². The van der Waals surface area contributed by atoms with Gasteiger partial charge in [0.25, 0.3) is 0 Å². The average molecular weight is 339 g/mol. The highest BCUT2D eigenvalue weighted by Gasteiger charge is 2.43. The van der Waals surface area contributed by atoms with E-state index in [1.54, 1.807) is 0 Å². The first-order chi connectivity index (χ1) is 11.5. The largest absolute Gasteiger partial charge is 0.418 e. The first-order valence-electron chi connectivity index (χ1n) is 9.22. The van der Waals surface area contributed by atoms with Gasteiger partial charge in [-0.3, -0.25) is 0 Å². The normalized spacial score (nSPS) is 22.1. The molecule has 2 aliphatic rings. The molecular weight excluding hydrogens is 308 g/mol. The van der Waals surface area contributed by atoms with Gasteiger partial charge in [-0.15, -0.1) is 0 Å². The summed E-state index contributed by atoms with van der Waals surface area (Å²) in [6.45, 7) is 10.1. The third-order valence-corrected chi connectivity index (χ3v) is 6.66. The van der Waals surface area contributed by atoms with Crippen LogP contribution >= 0.6 is 0 Å². The molecule has 0 N–H and O–H groups in total. The SMILES string of the molecule is CCC(CCO[Si](C)(C)C)(C1C=CC=C1)C1C=Cc2ccccc21. The van der Waals surface area contributed by atoms with Crippen LogP contribution in [0.2, 0.25) is 19.6 Å². The van der Waals surface area contributed by atoms with Crippen molar-refractivity contribution in [2.75, 3.05) is 6.61 Å². The lowest BCUT2D eigenvalue weighted by molar-refractivity contribution is 0.135. The van der Waals surface area contributed by atoms with Crippen molar-refractivity contribution in [1.29, 1.82) is 0 Å². The predicted molar refractivity (Wildman–Crippen MR) is 107 cm³/mol. The highest BCUT2D eigenvalue weighted by molar-refractivity contribution is 6.69. The van der Waals surface area contributed by atoms with Crippen LogP contribution in [0.15, 0.2) is 54.6 Å². The lowest BCUT2D eigenvalue weighted by atomic mass is 9.62. The quantitative estimate of drug-likeness (QED) is 0.540. The molecule has 0 bridgehead atoms. The van der Waals surface area contributed by atoms with Gasteiger partial charge >= 0.3 is 0 Å². The zero-order valence-electron chi connectivity index (χ0n) is 15.5. The summed E-state index contributed by atoms with van der Waals surface area (Å²) in [4.78, 5) is 0. The Balaban J connectivity index is 1.92. The second-order valence-corrected chi connectivity index (χ2v) is 12.6. The van der Waals surface area contributed by atoms with Crippen LogP contribution in [0, 0.1) is 11.3 Å². The Kier molecular flexibility index (Phi) is 4.98. The molecule has 0 radical (unpaired) electrons. The molecule has 0 saturated carbocycles. The second kappa shape index (κ2) is 6.85. The van der Waals surface area contributed by atoms with Gasteiger partial charge < -0.3 is 4.43 Å². The van der Waals surface area contributed by atoms with Crippen molar-refractivity contribution >= 4 is 14.4 Å². The van der Waals surface area contributed by atoms with Crippen LogP contribution in [-0.2, 0) is 4.43 Å². The van der Waals surface area contributed by atoms with Gasteiger partial charge in [0.15, 0.2) is 8.32 Å². The lowest BCUT2D eigenvalue weighted by Gasteiger charge is -2.43. The summed E-state index contributed by atoms with van der Waals surface area (Å²) >= 11 is 0. The minimum atomic E-state index is -1.47. The van der Waals surface area contributed by atoms with Crippen LogP contribution in [-0.4, -0.2) is 14.9 Å². The summed E-state index contributed by atoms with van der Waals surface area (Å²) in [5, 5.41) is 0. The van der Waals surface area contributed by atoms with Crippen LogP contribution in [0.5, 0.6) is 0 Å². The maximum atomic E-state index is 6.26. The lowest BCUT2D eigenvalue weighted by Crippen LogP contribution is -2.36. The van der Waals surface area contributed by atoms with Crippen molar-refractivity contribution in [3.05, 3.63) is 65.8 Å². The third-order valence-electron chi connectivity index (χ3n) is 5.59. The van der Waals surface area contributed by atoms with E-state index in [4.69, 9.17) is 4.43 Å². The summed E-state index contributed by atoms with van der Waals surface area (Å²) in [5.41, 5.74) is 3.07. The molecule has 0 aliphatic heterocycles. The molecule has 1 aromatic carbocycles. The fraction of sp³-hybridized carbons (Fsp3) is 0.455. The summed E-state index contributed by atoms with van der Waals surface area (Å²) in [7, 11) is -1.47. The van der Waals surface area contributed by atoms with E-state index in [2.05, 4.69) is 87.3 Å². The van der Waals surface area contributed by atoms with Gasteiger partial charge in [-0.05, 0) is 49.0 Å². The Morgan fingerprint density at radius 3 is 2.42 bits per heavy atom. The van der Waals surface area contributed by atoms with Gasteiger partial charge in [-0.2, -0.15) is 0 Å². The minimum Gasteiger partial charge on any atom is -0.418 e. The van der Waals surface area contributed by atoms with Crippen molar-refractivity contribution in [3.63, 3.8) is 0 Å². The smallest absolute Gasteiger partial charge is 0.183 e. The van der Waals surface area contributed by atoms with Gasteiger partial charge in [-0.1, -0.05) is 67.6 Å². The molecule has 2 atom stereocenters. The van der Waals surface area contributed by atoms with Crippen molar-refractivity contribution in [1.82, 2.24) is 0 Å². The topological polar surface area (TPSA) is 9.23 Å². The van der Waals surface area contributed by atoms with Gasteiger partial charge in [-0.25, -0.2) is 0 Å². The molecule has 128 valence electrons. The Hall–Kier alpha value is -1.38. The van der Waals surface area contributed by atoms with Gasteiger partial charge in [0.1, 0.15) is 0 Å². The average Bonchev–Trinajstić information content (AvgIpc) is 3.21. The maximum absolute atomic E-state index is 6.26. The van der Waals surface area contributed by atoms with Gasteiger partial charge in [0.2, 0.25) is 0 Å². The van der Waals surface area contributed by atoms with Crippen molar-refractivity contribution in [2.45, 2.75) is 45.3 Å². The first-order valence-corrected chi connectivity index (χ1v) is 12.6. The van der Waals surface area contributed by atoms with Crippen LogP contribution < -0.4 is 0 Å². The Morgan fingerprint density at radius 2 is 1.75 bits per heavy atom. The second-order valence-electron chi connectivity index (χ2n) is 8.06. The zero-order chi connectivity index (χ0) is 17.2. The molecule has 1 nitrogen and oxygen atoms in total. The molecule has 2 unspecified atom stereocenters. The summed E-state index contributed by atoms with van der Waals surface area (Å²) in [6, 6.07) is 8.87. The molecule has 0 spiro atoms. The molecule has 0 fully saturated rings. The summed E-state index contributed by atoms with van der Waals surface area (Å²) < 4.78 is 6.26. The van der Waals surface area contributed by atoms with E-state index in [9.17, 15) is 0 Å². The molecule has 2 heteroatoms. The Morgan fingerprint density at radius 1 is 1.04 bits per heavy atom. The molecule has 0 aromatic heterocycles. The minimum absolute atomic E-state index is 0.201. The van der Waals surface area contributed by atoms with Crippen molar-refractivity contribution < 1.29 is 4.43 Å². The fourth-order valence-electron chi connectivity index (χ4n) is 4.28. The molecule has 1 aromatic rings. The number of hydrogen-bond acceptors (Lipinski definition) is 1. The number of hydrogen-bond donors (Lipinski definition) is 0. The first kappa shape index (κ1) is 17.4. The number of allylic oxidation sites excluding steroid dienone is 5. The Bertz CT molecular complexity index is 653. The van der Waals surface area contributed by atoms with Crippen molar-refractivity contribution in [2.24, 2.45) is 11.3 Å². The maximum Gasteiger partial charge on any atom is 0.183 e. The molecule has 3 rings (SSSR count). The predicted octanol–water partition coefficient (Wildman–Crippen LogP) is 6.18. The number of benzene rings is 1. The molecule has 0 saturated heterocycles. The standard InChI is InChI=1S/C22H30OSi/c1-5-22(19-11-7-8-12-19,16-17-23-24(2,3)4)21-15-14-18-10-6-9-13-20(18)21/h6-15,19,21H,5,16-17H2,1-4H3. The molecule has 0 amide bonds. The highest BCUT2D eigenvalue weighted by Crippen LogP contribution is 2.53. The van der Waals surface area contributed by atoms with E-state index in [-0.39, 0.29) is 5.41 Å². The number of rotatable bonds is 7. The van der Waals surface area contributed by atoms with Crippen LogP contribution in [0.25, 0.3) is 6.08 Å². The Labute approximate surface area is 148 Å². The monoisotopic (exact) mass is 338 g/mol. The molecular formula is C22H30OSi. The van der Waals surface area contributed by atoms with E-state index < -0.39 is 8.32 Å². The molecule has 24 heavy (non-hydrogen) atoms. The van der Waals surface area contributed by atoms with E-state index in [0.29, 0.717) is 11.8 Å². The molecule has 0 heterocycles. The zero-order valence-corrected chi connectivity index (χ0v) is 16.5. The molecule has 2 aliphatic carbocycles. The third kappa shape index (κ3) is 3.36. The van der Waals surface area contributed by atoms with E-state index in [1.807, 2.05) is 0 Å².